The van der Waals surface area contributed by atoms with Crippen LogP contribution in [-0.2, 0) is 26.2 Å². The van der Waals surface area contributed by atoms with Crippen molar-refractivity contribution in [3.8, 4) is 0 Å². The van der Waals surface area contributed by atoms with Gasteiger partial charge in [-0.3, -0.25) is 14.5 Å². The molecule has 1 atom stereocenters. The smallest absolute Gasteiger partial charge is 0.247 e. The Hall–Kier alpha value is -2.71. The van der Waals surface area contributed by atoms with E-state index in [1.54, 1.807) is 13.0 Å². The molecule has 1 N–H and O–H groups in total. The van der Waals surface area contributed by atoms with Crippen LogP contribution in [0.2, 0.25) is 0 Å². The maximum Gasteiger partial charge on any atom is 0.247 e. The number of rotatable bonds is 5. The lowest BCUT2D eigenvalue weighted by atomic mass is 9.93. The van der Waals surface area contributed by atoms with Gasteiger partial charge in [0.2, 0.25) is 21.8 Å². The third-order valence-corrected chi connectivity index (χ3v) is 6.74. The van der Waals surface area contributed by atoms with Crippen LogP contribution in [0.15, 0.2) is 48.5 Å². The molecular formula is C22H27N3O4S. The number of aryl methyl sites for hydroxylation is 2. The Morgan fingerprint density at radius 1 is 1.10 bits per heavy atom. The molecule has 1 saturated heterocycles. The number of nitrogens with one attached hydrogen (secondary N) is 1. The van der Waals surface area contributed by atoms with Crippen LogP contribution in [-0.4, -0.2) is 49.4 Å². The Bertz CT molecular complexity index is 1070. The maximum atomic E-state index is 13.3. The number of benzene rings is 2. The van der Waals surface area contributed by atoms with Crippen molar-refractivity contribution < 1.29 is 18.0 Å². The Morgan fingerprint density at radius 2 is 1.77 bits per heavy atom. The predicted octanol–water partition coefficient (Wildman–Crippen LogP) is 1.99. The molecule has 160 valence electrons. The maximum absolute atomic E-state index is 13.3. The van der Waals surface area contributed by atoms with Crippen molar-refractivity contribution in [1.82, 2.24) is 9.62 Å². The molecule has 8 heteroatoms. The van der Waals surface area contributed by atoms with Crippen LogP contribution in [0.25, 0.3) is 0 Å². The van der Waals surface area contributed by atoms with Gasteiger partial charge in [-0.25, -0.2) is 8.42 Å². The number of carbonyl (C=O) groups is 2. The molecule has 1 aliphatic heterocycles. The minimum absolute atomic E-state index is 0.120. The average Bonchev–Trinajstić information content (AvgIpc) is 2.68. The summed E-state index contributed by atoms with van der Waals surface area (Å²) in [6.07, 6.45) is 1.05. The van der Waals surface area contributed by atoms with E-state index >= 15 is 0 Å². The van der Waals surface area contributed by atoms with Crippen LogP contribution in [0.4, 0.5) is 5.69 Å². The largest absolute Gasteiger partial charge is 0.350 e. The van der Waals surface area contributed by atoms with Gasteiger partial charge >= 0.3 is 0 Å². The highest BCUT2D eigenvalue weighted by Crippen LogP contribution is 2.31. The first-order chi connectivity index (χ1) is 14.0. The Morgan fingerprint density at radius 3 is 2.37 bits per heavy atom. The van der Waals surface area contributed by atoms with Crippen LogP contribution in [0.3, 0.4) is 0 Å². The second-order valence-corrected chi connectivity index (χ2v) is 9.95. The summed E-state index contributed by atoms with van der Waals surface area (Å²) in [6, 6.07) is 14.9. The lowest BCUT2D eigenvalue weighted by Crippen LogP contribution is -2.70. The number of sulfonamides is 1. The van der Waals surface area contributed by atoms with Crippen LogP contribution >= 0.6 is 0 Å². The lowest BCUT2D eigenvalue weighted by Gasteiger charge is -2.46. The van der Waals surface area contributed by atoms with Crippen molar-refractivity contribution in [2.75, 3.05) is 24.2 Å². The summed E-state index contributed by atoms with van der Waals surface area (Å²) in [6.45, 7) is 5.37. The highest BCUT2D eigenvalue weighted by molar-refractivity contribution is 7.88. The van der Waals surface area contributed by atoms with Gasteiger partial charge in [0, 0.05) is 18.8 Å². The van der Waals surface area contributed by atoms with E-state index in [9.17, 15) is 18.0 Å². The molecular weight excluding hydrogens is 402 g/mol. The fourth-order valence-electron chi connectivity index (χ4n) is 3.64. The quantitative estimate of drug-likeness (QED) is 0.788. The summed E-state index contributed by atoms with van der Waals surface area (Å²) >= 11 is 0. The van der Waals surface area contributed by atoms with Crippen LogP contribution in [0.5, 0.6) is 0 Å². The van der Waals surface area contributed by atoms with Crippen molar-refractivity contribution in [3.63, 3.8) is 0 Å². The number of amides is 2. The summed E-state index contributed by atoms with van der Waals surface area (Å²) < 4.78 is 25.4. The molecule has 3 rings (SSSR count). The fourth-order valence-corrected chi connectivity index (χ4v) is 4.47. The zero-order valence-electron chi connectivity index (χ0n) is 17.7. The highest BCUT2D eigenvalue weighted by atomic mass is 32.2. The van der Waals surface area contributed by atoms with Crippen molar-refractivity contribution in [2.45, 2.75) is 32.9 Å². The van der Waals surface area contributed by atoms with Gasteiger partial charge in [0.1, 0.15) is 5.54 Å². The van der Waals surface area contributed by atoms with E-state index < -0.39 is 27.4 Å². The summed E-state index contributed by atoms with van der Waals surface area (Å²) in [5.41, 5.74) is 2.14. The first-order valence-electron chi connectivity index (χ1n) is 9.70. The molecule has 0 aromatic heterocycles. The third-order valence-electron chi connectivity index (χ3n) is 5.54. The topological polar surface area (TPSA) is 86.8 Å². The molecule has 0 aliphatic carbocycles. The first-order valence-corrected chi connectivity index (χ1v) is 11.5. The molecule has 1 aliphatic rings. The lowest BCUT2D eigenvalue weighted by molar-refractivity contribution is -0.133. The molecule has 1 fully saturated rings. The summed E-state index contributed by atoms with van der Waals surface area (Å²) in [4.78, 5) is 27.8. The van der Waals surface area contributed by atoms with E-state index in [4.69, 9.17) is 0 Å². The number of hydrogen-bond acceptors (Lipinski definition) is 4. The standard InChI is InChI=1S/C22H27N3O4S/c1-16-10-11-19(12-17(16)2)25-20(26)14-24(30(4,28)29)15-22(25,3)21(27)23-13-18-8-6-5-7-9-18/h5-12H,13-15H2,1-4H3,(H,23,27)/t22-/m1/s1. The number of carbonyl (C=O) groups excluding carboxylic acids is 2. The van der Waals surface area contributed by atoms with Gasteiger partial charge in [0.15, 0.2) is 0 Å². The van der Waals surface area contributed by atoms with E-state index in [1.807, 2.05) is 56.3 Å². The van der Waals surface area contributed by atoms with Crippen molar-refractivity contribution in [1.29, 1.82) is 0 Å². The van der Waals surface area contributed by atoms with Gasteiger partial charge in [-0.05, 0) is 49.6 Å². The third kappa shape index (κ3) is 4.39. The fraction of sp³-hybridized carbons (Fsp3) is 0.364. The summed E-state index contributed by atoms with van der Waals surface area (Å²) in [7, 11) is -3.65. The van der Waals surface area contributed by atoms with Crippen LogP contribution < -0.4 is 10.2 Å². The minimum Gasteiger partial charge on any atom is -0.350 e. The monoisotopic (exact) mass is 429 g/mol. The molecule has 2 amide bonds. The molecule has 2 aromatic carbocycles. The molecule has 7 nitrogen and oxygen atoms in total. The van der Waals surface area contributed by atoms with Gasteiger partial charge in [0.25, 0.3) is 0 Å². The summed E-state index contributed by atoms with van der Waals surface area (Å²) in [5, 5.41) is 2.87. The number of nitrogens with zero attached hydrogens (tertiary/aromatic N) is 2. The van der Waals surface area contributed by atoms with Gasteiger partial charge < -0.3 is 5.32 Å². The molecule has 1 heterocycles. The van der Waals surface area contributed by atoms with Crippen molar-refractivity contribution in [2.24, 2.45) is 0 Å². The van der Waals surface area contributed by atoms with Crippen LogP contribution in [0, 0.1) is 13.8 Å². The zero-order valence-corrected chi connectivity index (χ0v) is 18.5. The highest BCUT2D eigenvalue weighted by Gasteiger charge is 2.50. The predicted molar refractivity (Wildman–Crippen MR) is 117 cm³/mol. The van der Waals surface area contributed by atoms with Gasteiger partial charge in [0.05, 0.1) is 12.8 Å². The average molecular weight is 430 g/mol. The second kappa shape index (κ2) is 8.20. The van der Waals surface area contributed by atoms with Gasteiger partial charge in [-0.15, -0.1) is 0 Å². The molecule has 0 saturated carbocycles. The van der Waals surface area contributed by atoms with E-state index in [0.717, 1.165) is 27.3 Å². The van der Waals surface area contributed by atoms with E-state index in [0.29, 0.717) is 5.69 Å². The number of piperazine rings is 1. The van der Waals surface area contributed by atoms with Crippen molar-refractivity contribution in [3.05, 3.63) is 65.2 Å². The second-order valence-electron chi connectivity index (χ2n) is 7.97. The molecule has 30 heavy (non-hydrogen) atoms. The zero-order chi connectivity index (χ0) is 22.1. The first kappa shape index (κ1) is 22.0. The minimum atomic E-state index is -3.65. The molecule has 0 radical (unpaired) electrons. The van der Waals surface area contributed by atoms with E-state index in [1.165, 1.54) is 4.90 Å². The molecule has 0 spiro atoms. The molecule has 0 bridgehead atoms. The molecule has 0 unspecified atom stereocenters. The van der Waals surface area contributed by atoms with Crippen LogP contribution in [0.1, 0.15) is 23.6 Å². The normalized spacial score (nSPS) is 20.3. The Balaban J connectivity index is 1.98. The summed E-state index contributed by atoms with van der Waals surface area (Å²) in [5.74, 6) is -0.849. The van der Waals surface area contributed by atoms with Gasteiger partial charge in [-0.1, -0.05) is 36.4 Å². The SMILES string of the molecule is Cc1ccc(N2C(=O)CN(S(C)(=O)=O)C[C@]2(C)C(=O)NCc2ccccc2)cc1C. The van der Waals surface area contributed by atoms with E-state index in [2.05, 4.69) is 5.32 Å². The molecule has 2 aromatic rings. The van der Waals surface area contributed by atoms with Gasteiger partial charge in [-0.2, -0.15) is 4.31 Å². The van der Waals surface area contributed by atoms with E-state index in [-0.39, 0.29) is 19.6 Å². The Labute approximate surface area is 177 Å². The number of hydrogen-bond donors (Lipinski definition) is 1. The number of anilines is 1. The van der Waals surface area contributed by atoms with Crippen molar-refractivity contribution >= 4 is 27.5 Å². The Kier molecular flexibility index (Phi) is 6.01.